The largest absolute Gasteiger partial charge is 0.456 e. The van der Waals surface area contributed by atoms with E-state index in [1.165, 1.54) is 61.2 Å². The maximum atomic E-state index is 6.82. The van der Waals surface area contributed by atoms with Gasteiger partial charge in [0.15, 0.2) is 0 Å². The first-order valence-electron chi connectivity index (χ1n) is 20.0. The van der Waals surface area contributed by atoms with Crippen molar-refractivity contribution >= 4 is 39.0 Å². The Morgan fingerprint density at radius 1 is 0.362 bits per heavy atom. The van der Waals surface area contributed by atoms with E-state index < -0.39 is 5.41 Å². The maximum absolute atomic E-state index is 6.82. The molecule has 0 aliphatic heterocycles. The van der Waals surface area contributed by atoms with Gasteiger partial charge in [-0.1, -0.05) is 164 Å². The van der Waals surface area contributed by atoms with Gasteiger partial charge in [-0.05, 0) is 123 Å². The van der Waals surface area contributed by atoms with Crippen molar-refractivity contribution in [2.24, 2.45) is 0 Å². The van der Waals surface area contributed by atoms with Crippen LogP contribution in [0.1, 0.15) is 27.8 Å². The van der Waals surface area contributed by atoms with Crippen LogP contribution in [0.4, 0.5) is 17.1 Å². The Morgan fingerprint density at radius 3 is 1.66 bits per heavy atom. The smallest absolute Gasteiger partial charge is 0.135 e. The van der Waals surface area contributed by atoms with Gasteiger partial charge in [-0.3, -0.25) is 0 Å². The number of nitrogens with zero attached hydrogens (tertiary/aromatic N) is 1. The number of anilines is 3. The van der Waals surface area contributed by atoms with Gasteiger partial charge < -0.3 is 9.32 Å². The Labute approximate surface area is 338 Å². The highest BCUT2D eigenvalue weighted by atomic mass is 16.3. The number of hydrogen-bond acceptors (Lipinski definition) is 2. The number of rotatable bonds is 7. The number of benzene rings is 9. The number of fused-ring (bicyclic) bond motifs is 6. The van der Waals surface area contributed by atoms with Gasteiger partial charge in [0, 0.05) is 27.8 Å². The lowest BCUT2D eigenvalue weighted by Crippen LogP contribution is -2.28. The van der Waals surface area contributed by atoms with Crippen LogP contribution in [0.15, 0.2) is 223 Å². The van der Waals surface area contributed by atoms with Crippen molar-refractivity contribution < 1.29 is 4.42 Å². The predicted molar refractivity (Wildman–Crippen MR) is 241 cm³/mol. The summed E-state index contributed by atoms with van der Waals surface area (Å²) in [7, 11) is 0. The van der Waals surface area contributed by atoms with E-state index in [1.807, 2.05) is 0 Å². The fraction of sp³-hybridized carbons (Fsp3) is 0.0357. The minimum absolute atomic E-state index is 0.488. The molecule has 58 heavy (non-hydrogen) atoms. The molecule has 1 aliphatic rings. The molecule has 9 aromatic carbocycles. The molecule has 0 fully saturated rings. The molecule has 0 saturated carbocycles. The van der Waals surface area contributed by atoms with Gasteiger partial charge in [0.05, 0.1) is 5.41 Å². The van der Waals surface area contributed by atoms with Crippen LogP contribution in [0, 0.1) is 6.92 Å². The first kappa shape index (κ1) is 33.9. The summed E-state index contributed by atoms with van der Waals surface area (Å²) in [4.78, 5) is 2.37. The second-order valence-electron chi connectivity index (χ2n) is 15.3. The first-order valence-corrected chi connectivity index (χ1v) is 20.0. The summed E-state index contributed by atoms with van der Waals surface area (Å²) in [5.74, 6) is 0. The van der Waals surface area contributed by atoms with E-state index >= 15 is 0 Å². The van der Waals surface area contributed by atoms with Crippen molar-refractivity contribution in [3.05, 3.63) is 246 Å². The third-order valence-corrected chi connectivity index (χ3v) is 12.1. The molecular formula is C56H39NO. The molecule has 0 atom stereocenters. The molecule has 0 radical (unpaired) electrons. The first-order chi connectivity index (χ1) is 28.7. The van der Waals surface area contributed by atoms with E-state index in [2.05, 4.69) is 230 Å². The van der Waals surface area contributed by atoms with Gasteiger partial charge in [-0.15, -0.1) is 0 Å². The second kappa shape index (κ2) is 13.7. The van der Waals surface area contributed by atoms with E-state index in [0.29, 0.717) is 0 Å². The highest BCUT2D eigenvalue weighted by molar-refractivity contribution is 6.09. The van der Waals surface area contributed by atoms with E-state index in [4.69, 9.17) is 4.42 Å². The zero-order valence-electron chi connectivity index (χ0n) is 32.1. The molecule has 0 unspecified atom stereocenters. The molecule has 2 nitrogen and oxygen atoms in total. The molecule has 1 aromatic heterocycles. The molecule has 0 bridgehead atoms. The third kappa shape index (κ3) is 5.33. The quantitative estimate of drug-likeness (QED) is 0.162. The van der Waals surface area contributed by atoms with Crippen molar-refractivity contribution in [1.82, 2.24) is 0 Å². The van der Waals surface area contributed by atoms with Crippen molar-refractivity contribution in [3.8, 4) is 33.4 Å². The summed E-state index contributed by atoms with van der Waals surface area (Å²) < 4.78 is 6.82. The second-order valence-corrected chi connectivity index (χ2v) is 15.3. The van der Waals surface area contributed by atoms with E-state index in [1.54, 1.807) is 0 Å². The zero-order chi connectivity index (χ0) is 38.6. The molecule has 0 saturated heterocycles. The molecule has 11 rings (SSSR count). The summed E-state index contributed by atoms with van der Waals surface area (Å²) >= 11 is 0. The number of hydrogen-bond donors (Lipinski definition) is 0. The van der Waals surface area contributed by atoms with Crippen LogP contribution in [-0.2, 0) is 5.41 Å². The molecule has 2 heteroatoms. The Hall–Kier alpha value is -7.42. The molecule has 274 valence electrons. The summed E-state index contributed by atoms with van der Waals surface area (Å²) in [6.45, 7) is 2.18. The Kier molecular flexibility index (Phi) is 7.97. The summed E-state index contributed by atoms with van der Waals surface area (Å²) in [5.41, 5.74) is 18.1. The fourth-order valence-electron chi connectivity index (χ4n) is 9.43. The SMILES string of the molecule is Cc1ccccc1-c1cccc(N(c2ccc(-c3ccccc3)cc2)c2ccc3oc4cc5c(cc4c3c2)-c2ccccc2C5(c2ccccc2)c2ccccc2)c1. The van der Waals surface area contributed by atoms with Gasteiger partial charge in [-0.2, -0.15) is 0 Å². The summed E-state index contributed by atoms with van der Waals surface area (Å²) in [6, 6.07) is 79.1. The standard InChI is InChI=1S/C56H39NO/c1-38-16-11-12-25-47(38)41-19-15-24-45(34-41)57(44-30-28-40(29-31-44)39-17-5-2-6-18-39)46-32-33-54-50(35-46)51-36-49-48-26-13-14-27-52(48)56(42-20-7-3-8-21-42,43-22-9-4-10-23-43)53(49)37-55(51)58-54/h2-37H,1H3. The lowest BCUT2D eigenvalue weighted by Gasteiger charge is -2.33. The molecular weight excluding hydrogens is 703 g/mol. The predicted octanol–water partition coefficient (Wildman–Crippen LogP) is 15.1. The minimum Gasteiger partial charge on any atom is -0.456 e. The highest BCUT2D eigenvalue weighted by Crippen LogP contribution is 2.57. The van der Waals surface area contributed by atoms with Crippen LogP contribution >= 0.6 is 0 Å². The number of aryl methyl sites for hydroxylation is 1. The van der Waals surface area contributed by atoms with Gasteiger partial charge in [0.25, 0.3) is 0 Å². The van der Waals surface area contributed by atoms with E-state index in [-0.39, 0.29) is 0 Å². The average Bonchev–Trinajstić information content (AvgIpc) is 3.79. The van der Waals surface area contributed by atoms with Crippen LogP contribution in [0.2, 0.25) is 0 Å². The van der Waals surface area contributed by atoms with Crippen LogP contribution in [0.5, 0.6) is 0 Å². The van der Waals surface area contributed by atoms with Gasteiger partial charge in [-0.25, -0.2) is 0 Å². The lowest BCUT2D eigenvalue weighted by atomic mass is 9.67. The molecule has 0 spiro atoms. The molecule has 1 aliphatic carbocycles. The zero-order valence-corrected chi connectivity index (χ0v) is 32.1. The molecule has 0 amide bonds. The van der Waals surface area contributed by atoms with Crippen LogP contribution < -0.4 is 4.90 Å². The van der Waals surface area contributed by atoms with E-state index in [0.717, 1.165) is 39.0 Å². The average molecular weight is 742 g/mol. The van der Waals surface area contributed by atoms with Crippen LogP contribution in [0.3, 0.4) is 0 Å². The lowest BCUT2D eigenvalue weighted by molar-refractivity contribution is 0.666. The molecule has 0 N–H and O–H groups in total. The van der Waals surface area contributed by atoms with Gasteiger partial charge in [0.1, 0.15) is 11.2 Å². The van der Waals surface area contributed by atoms with Crippen molar-refractivity contribution in [2.75, 3.05) is 4.90 Å². The third-order valence-electron chi connectivity index (χ3n) is 12.1. The Morgan fingerprint density at radius 2 is 0.931 bits per heavy atom. The van der Waals surface area contributed by atoms with E-state index in [9.17, 15) is 0 Å². The Bertz CT molecular complexity index is 3070. The van der Waals surface area contributed by atoms with Crippen LogP contribution in [0.25, 0.3) is 55.3 Å². The summed E-state index contributed by atoms with van der Waals surface area (Å²) in [5, 5.41) is 2.20. The monoisotopic (exact) mass is 741 g/mol. The number of furan rings is 1. The van der Waals surface area contributed by atoms with Crippen molar-refractivity contribution in [2.45, 2.75) is 12.3 Å². The normalized spacial score (nSPS) is 12.7. The minimum atomic E-state index is -0.488. The fourth-order valence-corrected chi connectivity index (χ4v) is 9.43. The summed E-state index contributed by atoms with van der Waals surface area (Å²) in [6.07, 6.45) is 0. The Balaban J connectivity index is 1.11. The highest BCUT2D eigenvalue weighted by Gasteiger charge is 2.46. The van der Waals surface area contributed by atoms with Crippen molar-refractivity contribution in [1.29, 1.82) is 0 Å². The van der Waals surface area contributed by atoms with Gasteiger partial charge >= 0.3 is 0 Å². The van der Waals surface area contributed by atoms with Gasteiger partial charge in [0.2, 0.25) is 0 Å². The maximum Gasteiger partial charge on any atom is 0.135 e. The topological polar surface area (TPSA) is 16.4 Å². The van der Waals surface area contributed by atoms with Crippen molar-refractivity contribution in [3.63, 3.8) is 0 Å². The molecule has 1 heterocycles. The van der Waals surface area contributed by atoms with Crippen LogP contribution in [-0.4, -0.2) is 0 Å². The molecule has 10 aromatic rings.